The second-order valence-electron chi connectivity index (χ2n) is 5.34. The molecule has 22 heavy (non-hydrogen) atoms. The highest BCUT2D eigenvalue weighted by Gasteiger charge is 2.26. The maximum absolute atomic E-state index is 12.3. The summed E-state index contributed by atoms with van der Waals surface area (Å²) in [5, 5.41) is 12.2. The molecular formula is C15H20N4O3. The van der Waals surface area contributed by atoms with Gasteiger partial charge in [-0.2, -0.15) is 0 Å². The third-order valence-corrected chi connectivity index (χ3v) is 3.98. The maximum Gasteiger partial charge on any atom is 0.318 e. The fraction of sp³-hybridized carbons (Fsp3) is 0.467. The minimum absolute atomic E-state index is 0.0975. The lowest BCUT2D eigenvalue weighted by atomic mass is 10.2. The minimum Gasteiger partial charge on any atom is -0.394 e. The Hall–Kier alpha value is -2.12. The van der Waals surface area contributed by atoms with Crippen LogP contribution in [0, 0.1) is 0 Å². The minimum atomic E-state index is -0.283. The Morgan fingerprint density at radius 2 is 2.32 bits per heavy atom. The summed E-state index contributed by atoms with van der Waals surface area (Å²) in [6.45, 7) is 1.60. The van der Waals surface area contributed by atoms with E-state index in [0.29, 0.717) is 26.3 Å². The predicted molar refractivity (Wildman–Crippen MR) is 81.3 cm³/mol. The molecule has 0 spiro atoms. The van der Waals surface area contributed by atoms with E-state index >= 15 is 0 Å². The van der Waals surface area contributed by atoms with E-state index in [-0.39, 0.29) is 18.7 Å². The molecule has 2 amide bonds. The number of aromatic nitrogens is 2. The molecule has 0 radical (unpaired) electrons. The number of hydrogen-bond acceptors (Lipinski definition) is 4. The molecule has 2 aromatic rings. The highest BCUT2D eigenvalue weighted by atomic mass is 16.5. The Kier molecular flexibility index (Phi) is 4.26. The number of aryl methyl sites for hydroxylation is 1. The van der Waals surface area contributed by atoms with Crippen LogP contribution in [0.2, 0.25) is 0 Å². The zero-order chi connectivity index (χ0) is 15.5. The van der Waals surface area contributed by atoms with E-state index in [4.69, 9.17) is 4.74 Å². The molecule has 2 N–H and O–H groups in total. The van der Waals surface area contributed by atoms with Gasteiger partial charge < -0.3 is 24.6 Å². The number of hydrogen-bond donors (Lipinski definition) is 2. The second-order valence-corrected chi connectivity index (χ2v) is 5.34. The quantitative estimate of drug-likeness (QED) is 0.864. The van der Waals surface area contributed by atoms with E-state index in [1.807, 2.05) is 35.9 Å². The lowest BCUT2D eigenvalue weighted by Gasteiger charge is -2.34. The molecule has 7 nitrogen and oxygen atoms in total. The lowest BCUT2D eigenvalue weighted by Crippen LogP contribution is -2.53. The monoisotopic (exact) mass is 304 g/mol. The molecule has 1 aromatic carbocycles. The highest BCUT2D eigenvalue weighted by Crippen LogP contribution is 2.14. The smallest absolute Gasteiger partial charge is 0.318 e. The summed E-state index contributed by atoms with van der Waals surface area (Å²) in [5.74, 6) is 0.795. The van der Waals surface area contributed by atoms with Gasteiger partial charge >= 0.3 is 6.03 Å². The molecule has 0 bridgehead atoms. The van der Waals surface area contributed by atoms with Crippen molar-refractivity contribution >= 4 is 17.1 Å². The number of morpholine rings is 1. The molecule has 118 valence electrons. The van der Waals surface area contributed by atoms with Crippen molar-refractivity contribution in [3.63, 3.8) is 0 Å². The van der Waals surface area contributed by atoms with Crippen molar-refractivity contribution < 1.29 is 14.6 Å². The molecule has 1 atom stereocenters. The van der Waals surface area contributed by atoms with Gasteiger partial charge in [-0.05, 0) is 12.1 Å². The van der Waals surface area contributed by atoms with E-state index < -0.39 is 0 Å². The summed E-state index contributed by atoms with van der Waals surface area (Å²) in [5.41, 5.74) is 1.94. The first-order valence-electron chi connectivity index (χ1n) is 7.34. The molecule has 7 heteroatoms. The molecule has 0 aliphatic carbocycles. The van der Waals surface area contributed by atoms with E-state index in [1.165, 1.54) is 0 Å². The fourth-order valence-corrected chi connectivity index (χ4v) is 2.68. The summed E-state index contributed by atoms with van der Waals surface area (Å²) in [7, 11) is 1.93. The Morgan fingerprint density at radius 3 is 3.09 bits per heavy atom. The Bertz CT molecular complexity index is 670. The van der Waals surface area contributed by atoms with E-state index in [2.05, 4.69) is 10.3 Å². The first-order valence-corrected chi connectivity index (χ1v) is 7.34. The largest absolute Gasteiger partial charge is 0.394 e. The van der Waals surface area contributed by atoms with E-state index in [9.17, 15) is 9.90 Å². The van der Waals surface area contributed by atoms with E-state index in [1.54, 1.807) is 4.90 Å². The zero-order valence-corrected chi connectivity index (χ0v) is 12.5. The number of amides is 2. The van der Waals surface area contributed by atoms with Gasteiger partial charge in [-0.25, -0.2) is 9.78 Å². The van der Waals surface area contributed by atoms with Crippen molar-refractivity contribution in [2.24, 2.45) is 7.05 Å². The van der Waals surface area contributed by atoms with Gasteiger partial charge in [0.25, 0.3) is 0 Å². The second kappa shape index (κ2) is 6.33. The van der Waals surface area contributed by atoms with Gasteiger partial charge in [0.05, 0.1) is 43.4 Å². The van der Waals surface area contributed by atoms with Crippen molar-refractivity contribution in [3.8, 4) is 0 Å². The summed E-state index contributed by atoms with van der Waals surface area (Å²) < 4.78 is 7.25. The van der Waals surface area contributed by atoms with Crippen LogP contribution < -0.4 is 5.32 Å². The van der Waals surface area contributed by atoms with Crippen LogP contribution in [0.4, 0.5) is 4.79 Å². The number of aliphatic hydroxyl groups is 1. The standard InChI is InChI=1S/C15H20N4O3/c1-18-13-5-3-2-4-12(13)17-14(18)8-16-15(21)19-6-7-22-10-11(19)9-20/h2-5,11,20H,6-10H2,1H3,(H,16,21)/t11-/m0/s1. The zero-order valence-electron chi connectivity index (χ0n) is 12.5. The topological polar surface area (TPSA) is 79.6 Å². The van der Waals surface area contributed by atoms with Crippen LogP contribution in [-0.2, 0) is 18.3 Å². The molecule has 1 aliphatic rings. The molecule has 1 aromatic heterocycles. The van der Waals surface area contributed by atoms with Crippen molar-refractivity contribution in [1.29, 1.82) is 0 Å². The molecule has 1 aliphatic heterocycles. The number of aliphatic hydroxyl groups excluding tert-OH is 1. The summed E-state index contributed by atoms with van der Waals surface area (Å²) in [4.78, 5) is 18.4. The average molecular weight is 304 g/mol. The highest BCUT2D eigenvalue weighted by molar-refractivity contribution is 5.77. The number of fused-ring (bicyclic) bond motifs is 1. The average Bonchev–Trinajstić information content (AvgIpc) is 2.89. The number of carbonyl (C=O) groups is 1. The van der Waals surface area contributed by atoms with E-state index in [0.717, 1.165) is 16.9 Å². The number of para-hydroxylation sites is 2. The van der Waals surface area contributed by atoms with Crippen molar-refractivity contribution in [2.75, 3.05) is 26.4 Å². The fourth-order valence-electron chi connectivity index (χ4n) is 2.68. The van der Waals surface area contributed by atoms with Crippen molar-refractivity contribution in [2.45, 2.75) is 12.6 Å². The summed E-state index contributed by atoms with van der Waals surface area (Å²) in [6.07, 6.45) is 0. The number of rotatable bonds is 3. The molecular weight excluding hydrogens is 284 g/mol. The molecule has 2 heterocycles. The van der Waals surface area contributed by atoms with Gasteiger partial charge in [-0.15, -0.1) is 0 Å². The Balaban J connectivity index is 1.68. The number of ether oxygens (including phenoxy) is 1. The van der Waals surface area contributed by atoms with Gasteiger partial charge in [0.1, 0.15) is 5.82 Å². The number of nitrogens with zero attached hydrogens (tertiary/aromatic N) is 3. The van der Waals surface area contributed by atoms with Gasteiger partial charge in [0.15, 0.2) is 0 Å². The van der Waals surface area contributed by atoms with Crippen LogP contribution in [0.1, 0.15) is 5.82 Å². The van der Waals surface area contributed by atoms with Crippen LogP contribution in [0.5, 0.6) is 0 Å². The molecule has 0 saturated carbocycles. The van der Waals surface area contributed by atoms with Crippen LogP contribution in [0.3, 0.4) is 0 Å². The van der Waals surface area contributed by atoms with Crippen LogP contribution >= 0.6 is 0 Å². The number of benzene rings is 1. The van der Waals surface area contributed by atoms with Crippen LogP contribution in [0.15, 0.2) is 24.3 Å². The van der Waals surface area contributed by atoms with Gasteiger partial charge in [-0.1, -0.05) is 12.1 Å². The van der Waals surface area contributed by atoms with Crippen LogP contribution in [0.25, 0.3) is 11.0 Å². The predicted octanol–water partition coefficient (Wildman–Crippen LogP) is 0.476. The van der Waals surface area contributed by atoms with Crippen LogP contribution in [-0.4, -0.2) is 58.0 Å². The molecule has 3 rings (SSSR count). The third-order valence-electron chi connectivity index (χ3n) is 3.98. The van der Waals surface area contributed by atoms with Crippen molar-refractivity contribution in [3.05, 3.63) is 30.1 Å². The molecule has 0 unspecified atom stereocenters. The first-order chi connectivity index (χ1) is 10.7. The first kappa shape index (κ1) is 14.8. The molecule has 1 fully saturated rings. The maximum atomic E-state index is 12.3. The number of imidazole rings is 1. The number of carbonyl (C=O) groups excluding carboxylic acids is 1. The van der Waals surface area contributed by atoms with Gasteiger partial charge in [0, 0.05) is 13.6 Å². The normalized spacial score (nSPS) is 18.6. The SMILES string of the molecule is Cn1c(CNC(=O)N2CCOC[C@@H]2CO)nc2ccccc21. The van der Waals surface area contributed by atoms with Gasteiger partial charge in [-0.3, -0.25) is 0 Å². The number of nitrogens with one attached hydrogen (secondary N) is 1. The summed E-state index contributed by atoms with van der Waals surface area (Å²) in [6, 6.07) is 7.37. The third kappa shape index (κ3) is 2.77. The Labute approximate surface area is 128 Å². The Morgan fingerprint density at radius 1 is 1.50 bits per heavy atom. The van der Waals surface area contributed by atoms with Gasteiger partial charge in [0.2, 0.25) is 0 Å². The van der Waals surface area contributed by atoms with Crippen molar-refractivity contribution in [1.82, 2.24) is 19.8 Å². The number of urea groups is 1. The lowest BCUT2D eigenvalue weighted by molar-refractivity contribution is -0.00769. The molecule has 1 saturated heterocycles. The summed E-state index contributed by atoms with van der Waals surface area (Å²) >= 11 is 0.